The number of benzene rings is 1. The maximum Gasteiger partial charge on any atom is 0.344 e. The normalized spacial score (nSPS) is 10.8. The maximum absolute atomic E-state index is 13.3. The second kappa shape index (κ2) is 9.69. The van der Waals surface area contributed by atoms with Crippen molar-refractivity contribution >= 4 is 17.7 Å². The number of hydrogen-bond donors (Lipinski definition) is 1. The minimum Gasteiger partial charge on any atom is -0.452 e. The third-order valence-corrected chi connectivity index (χ3v) is 5.40. The zero-order chi connectivity index (χ0) is 24.3. The van der Waals surface area contributed by atoms with Gasteiger partial charge in [0.1, 0.15) is 23.3 Å². The first-order valence-corrected chi connectivity index (χ1v) is 10.4. The number of anilines is 1. The zero-order valence-electron chi connectivity index (χ0n) is 19.2. The van der Waals surface area contributed by atoms with Crippen molar-refractivity contribution in [2.24, 2.45) is 0 Å². The second-order valence-corrected chi connectivity index (χ2v) is 8.04. The van der Waals surface area contributed by atoms with E-state index in [9.17, 15) is 19.2 Å². The molecule has 0 saturated carbocycles. The van der Waals surface area contributed by atoms with Gasteiger partial charge < -0.3 is 19.1 Å². The van der Waals surface area contributed by atoms with Gasteiger partial charge in [0.15, 0.2) is 12.4 Å². The summed E-state index contributed by atoms with van der Waals surface area (Å²) in [6, 6.07) is 8.09. The van der Waals surface area contributed by atoms with E-state index < -0.39 is 18.5 Å². The van der Waals surface area contributed by atoms with Crippen LogP contribution in [0.25, 0.3) is 0 Å². The van der Waals surface area contributed by atoms with Crippen LogP contribution in [0.4, 0.5) is 10.2 Å². The van der Waals surface area contributed by atoms with E-state index in [1.807, 2.05) is 20.8 Å². The molecule has 1 N–H and O–H groups in total. The summed E-state index contributed by atoms with van der Waals surface area (Å²) in [4.78, 5) is 25.2. The van der Waals surface area contributed by atoms with Crippen molar-refractivity contribution in [3.63, 3.8) is 0 Å². The molecular formula is C24H25FN4O4. The van der Waals surface area contributed by atoms with Crippen molar-refractivity contribution in [1.29, 1.82) is 5.26 Å². The first-order valence-electron chi connectivity index (χ1n) is 10.4. The van der Waals surface area contributed by atoms with Gasteiger partial charge in [-0.15, -0.1) is 0 Å². The lowest BCUT2D eigenvalue weighted by Gasteiger charge is -2.13. The molecule has 8 nitrogen and oxygen atoms in total. The largest absolute Gasteiger partial charge is 0.452 e. The van der Waals surface area contributed by atoms with Crippen LogP contribution in [0, 0.1) is 37.9 Å². The molecule has 3 rings (SSSR count). The summed E-state index contributed by atoms with van der Waals surface area (Å²) >= 11 is 0. The third kappa shape index (κ3) is 4.95. The molecule has 2 heterocycles. The van der Waals surface area contributed by atoms with Crippen molar-refractivity contribution < 1.29 is 23.2 Å². The summed E-state index contributed by atoms with van der Waals surface area (Å²) < 4.78 is 25.4. The molecule has 0 saturated heterocycles. The Morgan fingerprint density at radius 2 is 1.91 bits per heavy atom. The Balaban J connectivity index is 1.78. The Labute approximate surface area is 190 Å². The summed E-state index contributed by atoms with van der Waals surface area (Å²) in [5.41, 5.74) is 3.20. The maximum atomic E-state index is 13.3. The van der Waals surface area contributed by atoms with Crippen LogP contribution in [0.5, 0.6) is 0 Å². The molecule has 0 atom stereocenters. The first-order chi connectivity index (χ1) is 15.6. The average molecular weight is 452 g/mol. The minimum atomic E-state index is -0.706. The lowest BCUT2D eigenvalue weighted by Crippen LogP contribution is -2.23. The minimum absolute atomic E-state index is 0.0820. The van der Waals surface area contributed by atoms with E-state index in [4.69, 9.17) is 9.26 Å². The number of aryl methyl sites for hydroxylation is 1. The molecule has 0 aliphatic heterocycles. The fraction of sp³-hybridized carbons (Fsp3) is 0.333. The topological polar surface area (TPSA) is 110 Å². The number of hydrogen-bond acceptors (Lipinski definition) is 6. The highest BCUT2D eigenvalue weighted by atomic mass is 19.1. The van der Waals surface area contributed by atoms with Gasteiger partial charge in [-0.05, 0) is 44.0 Å². The van der Waals surface area contributed by atoms with Gasteiger partial charge in [0.05, 0.1) is 11.3 Å². The van der Waals surface area contributed by atoms with E-state index in [0.29, 0.717) is 34.9 Å². The van der Waals surface area contributed by atoms with Crippen LogP contribution in [-0.2, 0) is 16.1 Å². The van der Waals surface area contributed by atoms with Crippen LogP contribution >= 0.6 is 0 Å². The van der Waals surface area contributed by atoms with Crippen LogP contribution in [0.15, 0.2) is 28.8 Å². The van der Waals surface area contributed by atoms with Gasteiger partial charge in [0.2, 0.25) is 0 Å². The highest BCUT2D eigenvalue weighted by Crippen LogP contribution is 2.28. The molecule has 0 bridgehead atoms. The Hall–Kier alpha value is -3.93. The third-order valence-electron chi connectivity index (χ3n) is 5.40. The molecular weight excluding hydrogens is 427 g/mol. The number of ether oxygens (including phenoxy) is 1. The molecule has 0 radical (unpaired) electrons. The quantitative estimate of drug-likeness (QED) is 0.533. The number of nitrogens with zero attached hydrogens (tertiary/aromatic N) is 3. The van der Waals surface area contributed by atoms with E-state index in [-0.39, 0.29) is 17.3 Å². The number of halogens is 1. The Morgan fingerprint density at radius 1 is 1.24 bits per heavy atom. The molecule has 172 valence electrons. The second-order valence-electron chi connectivity index (χ2n) is 8.04. The number of esters is 1. The number of nitriles is 1. The predicted molar refractivity (Wildman–Crippen MR) is 118 cm³/mol. The molecule has 0 spiro atoms. The SMILES string of the molecule is Cc1noc(C(C)C)c1C(=O)OCC(=O)Nc1c(C#N)c(C)c(C)n1Cc1ccc(F)cc1. The Kier molecular flexibility index (Phi) is 6.97. The number of rotatable bonds is 7. The highest BCUT2D eigenvalue weighted by Gasteiger charge is 2.25. The molecule has 0 fully saturated rings. The van der Waals surface area contributed by atoms with Gasteiger partial charge >= 0.3 is 5.97 Å². The van der Waals surface area contributed by atoms with Gasteiger partial charge in [-0.25, -0.2) is 9.18 Å². The van der Waals surface area contributed by atoms with Gasteiger partial charge in [-0.3, -0.25) is 4.79 Å². The van der Waals surface area contributed by atoms with E-state index >= 15 is 0 Å². The summed E-state index contributed by atoms with van der Waals surface area (Å²) in [5, 5.41) is 16.1. The molecule has 0 unspecified atom stereocenters. The van der Waals surface area contributed by atoms with E-state index in [0.717, 1.165) is 11.3 Å². The van der Waals surface area contributed by atoms with Gasteiger partial charge in [-0.1, -0.05) is 31.1 Å². The monoisotopic (exact) mass is 452 g/mol. The molecule has 2 aromatic heterocycles. The van der Waals surface area contributed by atoms with E-state index in [2.05, 4.69) is 16.5 Å². The number of amides is 1. The van der Waals surface area contributed by atoms with Crippen LogP contribution in [-0.4, -0.2) is 28.2 Å². The van der Waals surface area contributed by atoms with Crippen LogP contribution in [0.2, 0.25) is 0 Å². The summed E-state index contributed by atoms with van der Waals surface area (Å²) in [5.74, 6) is -1.05. The smallest absolute Gasteiger partial charge is 0.344 e. The van der Waals surface area contributed by atoms with E-state index in [1.54, 1.807) is 30.5 Å². The lowest BCUT2D eigenvalue weighted by molar-refractivity contribution is -0.119. The van der Waals surface area contributed by atoms with Gasteiger partial charge in [0.25, 0.3) is 5.91 Å². The first kappa shape index (κ1) is 23.7. The van der Waals surface area contributed by atoms with Crippen molar-refractivity contribution in [3.8, 4) is 6.07 Å². The predicted octanol–water partition coefficient (Wildman–Crippen LogP) is 4.38. The Bertz CT molecular complexity index is 1230. The fourth-order valence-electron chi connectivity index (χ4n) is 3.50. The fourth-order valence-corrected chi connectivity index (χ4v) is 3.50. The van der Waals surface area contributed by atoms with Crippen molar-refractivity contribution in [2.45, 2.75) is 47.1 Å². The highest BCUT2D eigenvalue weighted by molar-refractivity contribution is 5.97. The Morgan fingerprint density at radius 3 is 2.52 bits per heavy atom. The average Bonchev–Trinajstić information content (AvgIpc) is 3.27. The zero-order valence-corrected chi connectivity index (χ0v) is 19.2. The summed E-state index contributed by atoms with van der Waals surface area (Å²) in [6.45, 7) is 8.72. The number of carbonyl (C=O) groups is 2. The molecule has 0 aliphatic rings. The molecule has 1 amide bonds. The van der Waals surface area contributed by atoms with Gasteiger partial charge in [0, 0.05) is 18.2 Å². The van der Waals surface area contributed by atoms with Crippen LogP contribution in [0.1, 0.15) is 64.0 Å². The van der Waals surface area contributed by atoms with Crippen LogP contribution in [0.3, 0.4) is 0 Å². The van der Waals surface area contributed by atoms with Gasteiger partial charge in [-0.2, -0.15) is 5.26 Å². The summed E-state index contributed by atoms with van der Waals surface area (Å²) in [6.07, 6.45) is 0. The molecule has 0 aliphatic carbocycles. The number of nitrogens with one attached hydrogen (secondary N) is 1. The molecule has 33 heavy (non-hydrogen) atoms. The standard InChI is InChI=1S/C24H25FN4O4/c1-13(2)22-21(15(4)28-33-22)24(31)32-12-20(30)27-23-19(10-26)14(3)16(5)29(23)11-17-6-8-18(25)9-7-17/h6-9,13H,11-12H2,1-5H3,(H,27,30). The molecule has 9 heteroatoms. The number of carbonyl (C=O) groups excluding carboxylic acids is 2. The lowest BCUT2D eigenvalue weighted by atomic mass is 10.1. The van der Waals surface area contributed by atoms with Crippen molar-refractivity contribution in [3.05, 3.63) is 69.5 Å². The summed E-state index contributed by atoms with van der Waals surface area (Å²) in [7, 11) is 0. The van der Waals surface area contributed by atoms with E-state index in [1.165, 1.54) is 12.1 Å². The van der Waals surface area contributed by atoms with Crippen molar-refractivity contribution in [1.82, 2.24) is 9.72 Å². The van der Waals surface area contributed by atoms with Crippen molar-refractivity contribution in [2.75, 3.05) is 11.9 Å². The van der Waals surface area contributed by atoms with Crippen LogP contribution < -0.4 is 5.32 Å². The number of aromatic nitrogens is 2. The molecule has 1 aromatic carbocycles. The molecule has 3 aromatic rings.